The molecule has 2 nitrogen and oxygen atoms in total. The molecule has 0 atom stereocenters. The van der Waals surface area contributed by atoms with Crippen molar-refractivity contribution in [3.8, 4) is 5.75 Å². The third-order valence-corrected chi connectivity index (χ3v) is 2.69. The summed E-state index contributed by atoms with van der Waals surface area (Å²) >= 11 is 5.90. The van der Waals surface area contributed by atoms with Crippen molar-refractivity contribution in [1.82, 2.24) is 5.32 Å². The van der Waals surface area contributed by atoms with Crippen molar-refractivity contribution in [2.45, 2.75) is 13.3 Å². The van der Waals surface area contributed by atoms with Crippen molar-refractivity contribution in [1.29, 1.82) is 0 Å². The second-order valence-electron chi connectivity index (χ2n) is 3.35. The molecule has 0 aliphatic carbocycles. The minimum atomic E-state index is -0.388. The van der Waals surface area contributed by atoms with Crippen molar-refractivity contribution < 1.29 is 9.13 Å². The van der Waals surface area contributed by atoms with Crippen molar-refractivity contribution in [2.24, 2.45) is 0 Å². The lowest BCUT2D eigenvalue weighted by molar-refractivity contribution is 0.404. The zero-order valence-corrected chi connectivity index (χ0v) is 9.91. The predicted molar refractivity (Wildman–Crippen MR) is 60.3 cm³/mol. The lowest BCUT2D eigenvalue weighted by atomic mass is 10.1. The van der Waals surface area contributed by atoms with Gasteiger partial charge in [-0.15, -0.1) is 0 Å². The van der Waals surface area contributed by atoms with Gasteiger partial charge in [-0.3, -0.25) is 0 Å². The Balaban J connectivity index is 3.18. The normalized spacial score (nSPS) is 10.5. The van der Waals surface area contributed by atoms with E-state index in [1.165, 1.54) is 6.07 Å². The van der Waals surface area contributed by atoms with Gasteiger partial charge in [0.25, 0.3) is 0 Å². The Morgan fingerprint density at radius 3 is 2.73 bits per heavy atom. The van der Waals surface area contributed by atoms with Gasteiger partial charge in [0.2, 0.25) is 0 Å². The van der Waals surface area contributed by atoms with Crippen molar-refractivity contribution in [2.75, 3.05) is 20.7 Å². The van der Waals surface area contributed by atoms with E-state index in [1.54, 1.807) is 14.0 Å². The zero-order valence-electron chi connectivity index (χ0n) is 9.16. The Labute approximate surface area is 94.4 Å². The smallest absolute Gasteiger partial charge is 0.142 e. The molecule has 0 radical (unpaired) electrons. The van der Waals surface area contributed by atoms with Crippen LogP contribution in [0, 0.1) is 12.7 Å². The Bertz CT molecular complexity index is 355. The molecule has 1 aromatic rings. The van der Waals surface area contributed by atoms with Crippen LogP contribution in [-0.2, 0) is 6.42 Å². The second-order valence-corrected chi connectivity index (χ2v) is 3.73. The fourth-order valence-corrected chi connectivity index (χ4v) is 1.79. The number of ether oxygens (including phenoxy) is 1. The monoisotopic (exact) mass is 231 g/mol. The summed E-state index contributed by atoms with van der Waals surface area (Å²) < 4.78 is 18.6. The Hall–Kier alpha value is -0.800. The summed E-state index contributed by atoms with van der Waals surface area (Å²) in [6.45, 7) is 2.54. The number of aryl methyl sites for hydroxylation is 1. The van der Waals surface area contributed by atoms with Crippen molar-refractivity contribution in [3.63, 3.8) is 0 Å². The number of benzene rings is 1. The number of nitrogens with one attached hydrogen (secondary N) is 1. The first-order chi connectivity index (χ1) is 7.11. The van der Waals surface area contributed by atoms with Crippen molar-refractivity contribution >= 4 is 11.6 Å². The summed E-state index contributed by atoms with van der Waals surface area (Å²) in [6, 6.07) is 1.39. The van der Waals surface area contributed by atoms with E-state index in [2.05, 4.69) is 5.32 Å². The molecule has 0 saturated carbocycles. The fraction of sp³-hybridized carbons (Fsp3) is 0.455. The molecular formula is C11H15ClFNO. The van der Waals surface area contributed by atoms with Crippen LogP contribution in [0.4, 0.5) is 4.39 Å². The van der Waals surface area contributed by atoms with Gasteiger partial charge < -0.3 is 10.1 Å². The van der Waals surface area contributed by atoms with Crippen LogP contribution in [0.15, 0.2) is 6.07 Å². The van der Waals surface area contributed by atoms with E-state index in [0.717, 1.165) is 17.7 Å². The minimum Gasteiger partial charge on any atom is -0.496 e. The highest BCUT2D eigenvalue weighted by atomic mass is 35.5. The molecule has 15 heavy (non-hydrogen) atoms. The first-order valence-corrected chi connectivity index (χ1v) is 5.15. The molecular weight excluding hydrogens is 217 g/mol. The van der Waals surface area contributed by atoms with E-state index < -0.39 is 0 Å². The van der Waals surface area contributed by atoms with Crippen LogP contribution in [0.2, 0.25) is 5.02 Å². The molecule has 0 spiro atoms. The van der Waals surface area contributed by atoms with Crippen LogP contribution >= 0.6 is 11.6 Å². The molecule has 1 aromatic carbocycles. The number of methoxy groups -OCH3 is 1. The Morgan fingerprint density at radius 1 is 1.53 bits per heavy atom. The maximum absolute atomic E-state index is 13.4. The summed E-state index contributed by atoms with van der Waals surface area (Å²) in [6.07, 6.45) is 0.650. The van der Waals surface area contributed by atoms with E-state index in [4.69, 9.17) is 16.3 Å². The average Bonchev–Trinajstić information content (AvgIpc) is 2.21. The summed E-state index contributed by atoms with van der Waals surface area (Å²) in [4.78, 5) is 0. The number of hydrogen-bond donors (Lipinski definition) is 1. The Morgan fingerprint density at radius 2 is 2.20 bits per heavy atom. The first-order valence-electron chi connectivity index (χ1n) is 4.77. The van der Waals surface area contributed by atoms with Crippen LogP contribution < -0.4 is 10.1 Å². The molecule has 0 amide bonds. The van der Waals surface area contributed by atoms with Gasteiger partial charge in [-0.25, -0.2) is 4.39 Å². The van der Waals surface area contributed by atoms with Gasteiger partial charge >= 0.3 is 0 Å². The molecule has 1 rings (SSSR count). The van der Waals surface area contributed by atoms with Gasteiger partial charge in [0.15, 0.2) is 0 Å². The first kappa shape index (κ1) is 12.3. The van der Waals surface area contributed by atoms with Gasteiger partial charge in [0.1, 0.15) is 11.6 Å². The van der Waals surface area contributed by atoms with E-state index in [9.17, 15) is 4.39 Å². The molecule has 0 saturated heterocycles. The van der Waals surface area contributed by atoms with Crippen LogP contribution in [0.25, 0.3) is 0 Å². The van der Waals surface area contributed by atoms with Crippen LogP contribution in [0.1, 0.15) is 11.1 Å². The SMILES string of the molecule is CNCCc1c(Cl)c(F)cc(C)c1OC. The molecule has 4 heteroatoms. The molecule has 1 N–H and O–H groups in total. The van der Waals surface area contributed by atoms with Gasteiger partial charge in [-0.05, 0) is 38.6 Å². The molecule has 84 valence electrons. The fourth-order valence-electron chi connectivity index (χ4n) is 1.56. The topological polar surface area (TPSA) is 21.3 Å². The molecule has 0 bridgehead atoms. The van der Waals surface area contributed by atoms with E-state index in [-0.39, 0.29) is 10.8 Å². The summed E-state index contributed by atoms with van der Waals surface area (Å²) in [5.74, 6) is 0.290. The van der Waals surface area contributed by atoms with Gasteiger partial charge in [-0.2, -0.15) is 0 Å². The standard InChI is InChI=1S/C11H15ClFNO/c1-7-6-9(13)10(12)8(4-5-14-2)11(7)15-3/h6,14H,4-5H2,1-3H3. The van der Waals surface area contributed by atoms with Gasteiger partial charge in [0.05, 0.1) is 12.1 Å². The summed E-state index contributed by atoms with van der Waals surface area (Å²) in [5, 5.41) is 3.16. The number of rotatable bonds is 4. The highest BCUT2D eigenvalue weighted by Gasteiger charge is 2.14. The largest absolute Gasteiger partial charge is 0.496 e. The van der Waals surface area contributed by atoms with Crippen LogP contribution in [0.5, 0.6) is 5.75 Å². The lowest BCUT2D eigenvalue weighted by Gasteiger charge is -2.13. The van der Waals surface area contributed by atoms with Gasteiger partial charge in [-0.1, -0.05) is 11.6 Å². The summed E-state index contributed by atoms with van der Waals surface area (Å²) in [5.41, 5.74) is 1.50. The molecule has 0 fully saturated rings. The highest BCUT2D eigenvalue weighted by Crippen LogP contribution is 2.32. The number of hydrogen-bond acceptors (Lipinski definition) is 2. The molecule has 0 heterocycles. The maximum atomic E-state index is 13.4. The number of halogens is 2. The maximum Gasteiger partial charge on any atom is 0.142 e. The highest BCUT2D eigenvalue weighted by molar-refractivity contribution is 6.31. The number of likely N-dealkylation sites (N-methyl/N-ethyl adjacent to an activating group) is 1. The summed E-state index contributed by atoms with van der Waals surface area (Å²) in [7, 11) is 3.41. The van der Waals surface area contributed by atoms with E-state index in [1.807, 2.05) is 7.05 Å². The predicted octanol–water partition coefficient (Wildman–Crippen LogP) is 2.56. The Kier molecular flexibility index (Phi) is 4.36. The van der Waals surface area contributed by atoms with E-state index >= 15 is 0 Å². The van der Waals surface area contributed by atoms with Crippen LogP contribution in [0.3, 0.4) is 0 Å². The molecule has 0 unspecified atom stereocenters. The quantitative estimate of drug-likeness (QED) is 0.860. The molecule has 0 aromatic heterocycles. The molecule has 0 aliphatic heterocycles. The average molecular weight is 232 g/mol. The van der Waals surface area contributed by atoms with Gasteiger partial charge in [0, 0.05) is 5.56 Å². The second kappa shape index (κ2) is 5.33. The third kappa shape index (κ3) is 2.61. The lowest BCUT2D eigenvalue weighted by Crippen LogP contribution is -2.12. The zero-order chi connectivity index (χ0) is 11.4. The van der Waals surface area contributed by atoms with Crippen LogP contribution in [-0.4, -0.2) is 20.7 Å². The minimum absolute atomic E-state index is 0.160. The van der Waals surface area contributed by atoms with Crippen molar-refractivity contribution in [3.05, 3.63) is 28.0 Å². The van der Waals surface area contributed by atoms with E-state index in [0.29, 0.717) is 12.2 Å². The molecule has 0 aliphatic rings. The third-order valence-electron chi connectivity index (χ3n) is 2.28.